The van der Waals surface area contributed by atoms with Gasteiger partial charge in [0.25, 0.3) is 0 Å². The average molecular weight is 417 g/mol. The molecule has 4 rings (SSSR count). The minimum Gasteiger partial charge on any atom is -0.384 e. The fourth-order valence-electron chi connectivity index (χ4n) is 4.38. The molecule has 160 valence electrons. The van der Waals surface area contributed by atoms with Gasteiger partial charge in [-0.15, -0.1) is 0 Å². The number of aliphatic hydroxyl groups is 1. The molecule has 1 N–H and O–H groups in total. The minimum absolute atomic E-state index is 0.225. The summed E-state index contributed by atoms with van der Waals surface area (Å²) in [5.41, 5.74) is 0.461. The van der Waals surface area contributed by atoms with E-state index in [0.717, 1.165) is 50.2 Å². The van der Waals surface area contributed by atoms with E-state index in [2.05, 4.69) is 16.0 Å². The molecule has 2 aliphatic rings. The summed E-state index contributed by atoms with van der Waals surface area (Å²) >= 11 is 0. The van der Waals surface area contributed by atoms with Crippen molar-refractivity contribution in [2.75, 3.05) is 24.5 Å². The molecule has 0 spiro atoms. The van der Waals surface area contributed by atoms with Gasteiger partial charge in [-0.3, -0.25) is 9.88 Å². The number of benzene rings is 1. The maximum atomic E-state index is 13.0. The van der Waals surface area contributed by atoms with Crippen LogP contribution >= 0.6 is 0 Å². The molecular formula is C23H26F3N3O. The molecule has 2 aromatic rings. The molecule has 1 aromatic carbocycles. The number of hydrogen-bond acceptors (Lipinski definition) is 4. The highest BCUT2D eigenvalue weighted by molar-refractivity contribution is 5.54. The fraction of sp³-hybridized carbons (Fsp3) is 0.435. The lowest BCUT2D eigenvalue weighted by Gasteiger charge is -2.38. The highest BCUT2D eigenvalue weighted by atomic mass is 19.4. The molecule has 0 radical (unpaired) electrons. The van der Waals surface area contributed by atoms with Gasteiger partial charge in [-0.05, 0) is 62.7 Å². The Kier molecular flexibility index (Phi) is 5.59. The largest absolute Gasteiger partial charge is 0.416 e. The predicted molar refractivity (Wildman–Crippen MR) is 110 cm³/mol. The zero-order valence-corrected chi connectivity index (χ0v) is 16.9. The van der Waals surface area contributed by atoms with Crippen molar-refractivity contribution < 1.29 is 18.3 Å². The number of rotatable bonds is 5. The second-order valence-corrected chi connectivity index (χ2v) is 8.30. The fourth-order valence-corrected chi connectivity index (χ4v) is 4.38. The predicted octanol–water partition coefficient (Wildman–Crippen LogP) is 4.57. The van der Waals surface area contributed by atoms with Gasteiger partial charge in [-0.1, -0.05) is 6.07 Å². The van der Waals surface area contributed by atoms with Crippen LogP contribution in [0.3, 0.4) is 0 Å². The summed E-state index contributed by atoms with van der Waals surface area (Å²) in [7, 11) is 0. The number of alkyl halides is 3. The molecule has 1 saturated heterocycles. The van der Waals surface area contributed by atoms with Crippen molar-refractivity contribution in [3.05, 3.63) is 71.7 Å². The number of hydrogen-bond donors (Lipinski definition) is 1. The normalized spacial score (nSPS) is 21.6. The van der Waals surface area contributed by atoms with Gasteiger partial charge in [-0.2, -0.15) is 13.2 Å². The first-order valence-electron chi connectivity index (χ1n) is 10.3. The van der Waals surface area contributed by atoms with E-state index in [-0.39, 0.29) is 6.54 Å². The highest BCUT2D eigenvalue weighted by Gasteiger charge is 2.34. The molecule has 30 heavy (non-hydrogen) atoms. The Labute approximate surface area is 174 Å². The zero-order valence-electron chi connectivity index (χ0n) is 16.9. The van der Waals surface area contributed by atoms with Crippen LogP contribution in [-0.2, 0) is 11.8 Å². The van der Waals surface area contributed by atoms with Crippen molar-refractivity contribution in [3.63, 3.8) is 0 Å². The molecule has 1 fully saturated rings. The van der Waals surface area contributed by atoms with Crippen LogP contribution in [0.1, 0.15) is 37.3 Å². The number of fused-ring (bicyclic) bond motifs is 1. The summed E-state index contributed by atoms with van der Waals surface area (Å²) in [5.74, 6) is 0. The zero-order chi connectivity index (χ0) is 21.4. The molecule has 0 amide bonds. The molecule has 0 saturated carbocycles. The second-order valence-electron chi connectivity index (χ2n) is 8.30. The van der Waals surface area contributed by atoms with Crippen molar-refractivity contribution in [1.82, 2.24) is 9.88 Å². The maximum Gasteiger partial charge on any atom is 0.416 e. The number of nitrogens with zero attached hydrogens (tertiary/aromatic N) is 3. The number of pyridine rings is 1. The quantitative estimate of drug-likeness (QED) is 0.774. The molecule has 2 atom stereocenters. The van der Waals surface area contributed by atoms with Crippen molar-refractivity contribution in [2.45, 2.75) is 44.0 Å². The van der Waals surface area contributed by atoms with E-state index >= 15 is 0 Å². The van der Waals surface area contributed by atoms with Crippen LogP contribution in [0.4, 0.5) is 18.9 Å². The van der Waals surface area contributed by atoms with Crippen LogP contribution in [-0.4, -0.2) is 40.7 Å². The van der Waals surface area contributed by atoms with Crippen molar-refractivity contribution in [1.29, 1.82) is 0 Å². The van der Waals surface area contributed by atoms with Gasteiger partial charge in [0, 0.05) is 48.3 Å². The molecular weight excluding hydrogens is 391 g/mol. The van der Waals surface area contributed by atoms with Crippen LogP contribution in [0.25, 0.3) is 0 Å². The van der Waals surface area contributed by atoms with Crippen molar-refractivity contribution >= 4 is 5.69 Å². The Bertz CT molecular complexity index is 894. The molecule has 2 aliphatic heterocycles. The Morgan fingerprint density at radius 2 is 1.90 bits per heavy atom. The van der Waals surface area contributed by atoms with E-state index in [1.807, 2.05) is 11.0 Å². The summed E-state index contributed by atoms with van der Waals surface area (Å²) in [5, 5.41) is 11.2. The van der Waals surface area contributed by atoms with Crippen molar-refractivity contribution in [3.8, 4) is 0 Å². The van der Waals surface area contributed by atoms with Gasteiger partial charge in [0.2, 0.25) is 0 Å². The monoisotopic (exact) mass is 417 g/mol. The number of aromatic nitrogens is 1. The van der Waals surface area contributed by atoms with E-state index in [4.69, 9.17) is 0 Å². The smallest absolute Gasteiger partial charge is 0.384 e. The van der Waals surface area contributed by atoms with E-state index in [1.165, 1.54) is 12.1 Å². The van der Waals surface area contributed by atoms with Crippen molar-refractivity contribution in [2.24, 2.45) is 0 Å². The van der Waals surface area contributed by atoms with Crippen LogP contribution in [0.5, 0.6) is 0 Å². The van der Waals surface area contributed by atoms with Gasteiger partial charge in [0.05, 0.1) is 12.1 Å². The van der Waals surface area contributed by atoms with Crippen LogP contribution in [0.15, 0.2) is 60.6 Å². The third-order valence-corrected chi connectivity index (χ3v) is 6.06. The minimum atomic E-state index is -4.38. The van der Waals surface area contributed by atoms with Gasteiger partial charge >= 0.3 is 6.18 Å². The summed E-state index contributed by atoms with van der Waals surface area (Å²) in [6.07, 6.45) is 4.14. The van der Waals surface area contributed by atoms with E-state index in [1.54, 1.807) is 25.4 Å². The summed E-state index contributed by atoms with van der Waals surface area (Å²) in [6.45, 7) is 3.94. The molecule has 0 bridgehead atoms. The molecule has 2 unspecified atom stereocenters. The lowest BCUT2D eigenvalue weighted by atomic mass is 9.95. The molecule has 7 heteroatoms. The van der Waals surface area contributed by atoms with Gasteiger partial charge < -0.3 is 10.0 Å². The molecule has 1 aromatic heterocycles. The first kappa shape index (κ1) is 20.9. The van der Waals surface area contributed by atoms with Gasteiger partial charge in [0.1, 0.15) is 5.60 Å². The average Bonchev–Trinajstić information content (AvgIpc) is 3.20. The SMILES string of the molecule is CC(O)(CN(C1=CC2CCCN2CC1)c1ccc(C(F)(F)F)cc1)c1cccnc1. The highest BCUT2D eigenvalue weighted by Crippen LogP contribution is 2.35. The Morgan fingerprint density at radius 1 is 1.13 bits per heavy atom. The third kappa shape index (κ3) is 4.37. The topological polar surface area (TPSA) is 39.6 Å². The maximum absolute atomic E-state index is 13.0. The first-order chi connectivity index (χ1) is 14.2. The van der Waals surface area contributed by atoms with Gasteiger partial charge in [-0.25, -0.2) is 0 Å². The molecule has 3 heterocycles. The van der Waals surface area contributed by atoms with E-state index in [9.17, 15) is 18.3 Å². The standard InChI is InChI=1S/C23H26F3N3O/c1-22(30,18-4-2-11-27-15-18)16-29(19-8-6-17(7-9-19)23(24,25)26)21-10-13-28-12-3-5-20(28)14-21/h2,4,6-9,11,14-15,20,30H,3,5,10,12-13,16H2,1H3. The Balaban J connectivity index is 1.68. The number of halogens is 3. The summed E-state index contributed by atoms with van der Waals surface area (Å²) in [6, 6.07) is 9.12. The Hall–Kier alpha value is -2.38. The molecule has 0 aliphatic carbocycles. The third-order valence-electron chi connectivity index (χ3n) is 6.06. The van der Waals surface area contributed by atoms with Gasteiger partial charge in [0.15, 0.2) is 0 Å². The van der Waals surface area contributed by atoms with Crippen LogP contribution < -0.4 is 4.90 Å². The Morgan fingerprint density at radius 3 is 2.57 bits per heavy atom. The number of anilines is 1. The first-order valence-corrected chi connectivity index (χ1v) is 10.3. The van der Waals surface area contributed by atoms with E-state index < -0.39 is 17.3 Å². The molecule has 4 nitrogen and oxygen atoms in total. The van der Waals surface area contributed by atoms with Crippen LogP contribution in [0, 0.1) is 0 Å². The van der Waals surface area contributed by atoms with Crippen LogP contribution in [0.2, 0.25) is 0 Å². The second kappa shape index (κ2) is 8.04. The lowest BCUT2D eigenvalue weighted by molar-refractivity contribution is -0.137. The summed E-state index contributed by atoms with van der Waals surface area (Å²) in [4.78, 5) is 8.50. The van der Waals surface area contributed by atoms with E-state index in [0.29, 0.717) is 17.3 Å². The summed E-state index contributed by atoms with van der Waals surface area (Å²) < 4.78 is 39.1. The lowest BCUT2D eigenvalue weighted by Crippen LogP contribution is -2.42.